The highest BCUT2D eigenvalue weighted by Crippen LogP contribution is 2.32. The lowest BCUT2D eigenvalue weighted by Gasteiger charge is -2.32. The summed E-state index contributed by atoms with van der Waals surface area (Å²) >= 11 is 0. The van der Waals surface area contributed by atoms with E-state index in [2.05, 4.69) is 41.5 Å². The Morgan fingerprint density at radius 1 is 0.800 bits per heavy atom. The minimum Gasteiger partial charge on any atom is -0.519 e. The first-order valence-corrected chi connectivity index (χ1v) is 10.9. The van der Waals surface area contributed by atoms with Crippen LogP contribution in [-0.2, 0) is 9.22 Å². The Labute approximate surface area is 127 Å². The smallest absolute Gasteiger partial charge is 0.289 e. The van der Waals surface area contributed by atoms with Gasteiger partial charge in [0, 0.05) is 6.92 Å². The Morgan fingerprint density at radius 2 is 1.10 bits per heavy atom. The van der Waals surface area contributed by atoms with E-state index < -0.39 is 8.32 Å². The summed E-state index contributed by atoms with van der Waals surface area (Å²) < 4.78 is 5.99. The molecule has 0 unspecified atom stereocenters. The van der Waals surface area contributed by atoms with E-state index in [1.807, 2.05) is 0 Å². The molecule has 0 aromatic heterocycles. The molecule has 3 heteroatoms. The molecule has 0 saturated carbocycles. The van der Waals surface area contributed by atoms with Crippen LogP contribution in [0.25, 0.3) is 0 Å². The maximum Gasteiger partial charge on any atom is 0.289 e. The zero-order chi connectivity index (χ0) is 15.8. The fourth-order valence-electron chi connectivity index (χ4n) is 2.49. The standard InChI is InChI=1S/C17H36O2Si/c1-14(2)8-11-20(19-17(7)18,12-9-15(3)4)13-10-16(5)6/h14-16H,8-13H2,1-7H3. The highest BCUT2D eigenvalue weighted by molar-refractivity contribution is 6.75. The number of rotatable bonds is 10. The second-order valence-corrected chi connectivity index (χ2v) is 11.6. The van der Waals surface area contributed by atoms with Gasteiger partial charge >= 0.3 is 0 Å². The zero-order valence-corrected chi connectivity index (χ0v) is 15.8. The molecule has 0 spiro atoms. The molecule has 0 amide bonds. The second-order valence-electron chi connectivity index (χ2n) is 7.57. The molecule has 0 saturated heterocycles. The first-order chi connectivity index (χ1) is 9.17. The lowest BCUT2D eigenvalue weighted by molar-refractivity contribution is -0.132. The van der Waals surface area contributed by atoms with E-state index in [0.29, 0.717) is 17.8 Å². The van der Waals surface area contributed by atoms with E-state index in [1.165, 1.54) is 19.3 Å². The molecule has 0 aliphatic carbocycles. The van der Waals surface area contributed by atoms with Crippen LogP contribution < -0.4 is 0 Å². The molecule has 0 N–H and O–H groups in total. The van der Waals surface area contributed by atoms with Gasteiger partial charge in [-0.25, -0.2) is 0 Å². The molecule has 0 aromatic carbocycles. The lowest BCUT2D eigenvalue weighted by Crippen LogP contribution is -2.40. The molecule has 0 aromatic rings. The summed E-state index contributed by atoms with van der Waals surface area (Å²) in [6.07, 6.45) is 3.57. The van der Waals surface area contributed by atoms with Crippen molar-refractivity contribution in [3.05, 3.63) is 0 Å². The van der Waals surface area contributed by atoms with Gasteiger partial charge in [-0.2, -0.15) is 0 Å². The molecule has 0 heterocycles. The van der Waals surface area contributed by atoms with E-state index in [9.17, 15) is 4.79 Å². The number of carbonyl (C=O) groups excluding carboxylic acids is 1. The van der Waals surface area contributed by atoms with Crippen LogP contribution in [0.4, 0.5) is 0 Å². The average Bonchev–Trinajstić information content (AvgIpc) is 2.30. The third kappa shape index (κ3) is 9.57. The van der Waals surface area contributed by atoms with Crippen molar-refractivity contribution >= 4 is 14.3 Å². The number of hydrogen-bond donors (Lipinski definition) is 0. The number of hydrogen-bond acceptors (Lipinski definition) is 2. The SMILES string of the molecule is CC(=O)O[Si](CCC(C)C)(CCC(C)C)CCC(C)C. The largest absolute Gasteiger partial charge is 0.519 e. The molecule has 0 radical (unpaired) electrons. The van der Waals surface area contributed by atoms with Gasteiger partial charge in [0.05, 0.1) is 0 Å². The molecule has 0 bridgehead atoms. The minimum absolute atomic E-state index is 0.0621. The monoisotopic (exact) mass is 300 g/mol. The zero-order valence-electron chi connectivity index (χ0n) is 14.8. The van der Waals surface area contributed by atoms with Crippen LogP contribution in [0.3, 0.4) is 0 Å². The van der Waals surface area contributed by atoms with Crippen LogP contribution in [0.2, 0.25) is 18.1 Å². The quantitative estimate of drug-likeness (QED) is 0.488. The Kier molecular flexibility index (Phi) is 9.44. The van der Waals surface area contributed by atoms with E-state index in [-0.39, 0.29) is 5.97 Å². The highest BCUT2D eigenvalue weighted by atomic mass is 28.4. The van der Waals surface area contributed by atoms with Gasteiger partial charge in [-0.3, -0.25) is 4.79 Å². The van der Waals surface area contributed by atoms with Gasteiger partial charge in [0.15, 0.2) is 0 Å². The summed E-state index contributed by atoms with van der Waals surface area (Å²) in [6.45, 7) is 15.2. The first-order valence-electron chi connectivity index (χ1n) is 8.36. The second kappa shape index (κ2) is 9.59. The molecule has 0 rings (SSSR count). The molecule has 120 valence electrons. The van der Waals surface area contributed by atoms with Crippen LogP contribution in [0.5, 0.6) is 0 Å². The van der Waals surface area contributed by atoms with E-state index >= 15 is 0 Å². The third-order valence-electron chi connectivity index (χ3n) is 3.89. The molecule has 0 fully saturated rings. The van der Waals surface area contributed by atoms with Gasteiger partial charge in [-0.1, -0.05) is 60.8 Å². The Morgan fingerprint density at radius 3 is 1.30 bits per heavy atom. The topological polar surface area (TPSA) is 26.3 Å². The predicted molar refractivity (Wildman–Crippen MR) is 90.3 cm³/mol. The molecular weight excluding hydrogens is 264 g/mol. The summed E-state index contributed by atoms with van der Waals surface area (Å²) in [4.78, 5) is 11.6. The molecular formula is C17H36O2Si. The van der Waals surface area contributed by atoms with Gasteiger partial charge in [0.1, 0.15) is 0 Å². The summed E-state index contributed by atoms with van der Waals surface area (Å²) in [6, 6.07) is 3.43. The summed E-state index contributed by atoms with van der Waals surface area (Å²) in [7, 11) is -1.90. The van der Waals surface area contributed by atoms with Crippen LogP contribution in [0.1, 0.15) is 67.7 Å². The maximum atomic E-state index is 11.6. The maximum absolute atomic E-state index is 11.6. The average molecular weight is 301 g/mol. The van der Waals surface area contributed by atoms with E-state index in [4.69, 9.17) is 4.43 Å². The van der Waals surface area contributed by atoms with Crippen LogP contribution >= 0.6 is 0 Å². The molecule has 20 heavy (non-hydrogen) atoms. The fourth-order valence-corrected chi connectivity index (χ4v) is 7.46. The summed E-state index contributed by atoms with van der Waals surface area (Å²) in [5, 5.41) is 0. The Balaban J connectivity index is 4.88. The van der Waals surface area contributed by atoms with Gasteiger partial charge in [0.25, 0.3) is 14.3 Å². The fraction of sp³-hybridized carbons (Fsp3) is 0.941. The molecule has 0 aliphatic rings. The van der Waals surface area contributed by atoms with Gasteiger partial charge in [0.2, 0.25) is 0 Å². The van der Waals surface area contributed by atoms with E-state index in [1.54, 1.807) is 6.92 Å². The highest BCUT2D eigenvalue weighted by Gasteiger charge is 2.37. The molecule has 0 aliphatic heterocycles. The van der Waals surface area contributed by atoms with Crippen LogP contribution in [0.15, 0.2) is 0 Å². The third-order valence-corrected chi connectivity index (χ3v) is 8.21. The predicted octanol–water partition coefficient (Wildman–Crippen LogP) is 5.63. The van der Waals surface area contributed by atoms with Crippen molar-refractivity contribution in [2.45, 2.75) is 85.9 Å². The van der Waals surface area contributed by atoms with Crippen molar-refractivity contribution in [1.82, 2.24) is 0 Å². The summed E-state index contributed by atoms with van der Waals surface area (Å²) in [5.74, 6) is 2.01. The normalized spacial score (nSPS) is 12.5. The van der Waals surface area contributed by atoms with Crippen molar-refractivity contribution in [2.24, 2.45) is 17.8 Å². The van der Waals surface area contributed by atoms with Crippen molar-refractivity contribution in [2.75, 3.05) is 0 Å². The van der Waals surface area contributed by atoms with Crippen molar-refractivity contribution in [1.29, 1.82) is 0 Å². The van der Waals surface area contributed by atoms with Gasteiger partial charge < -0.3 is 4.43 Å². The minimum atomic E-state index is -1.90. The number of carbonyl (C=O) groups is 1. The molecule has 0 atom stereocenters. The first kappa shape index (κ1) is 19.7. The van der Waals surface area contributed by atoms with Crippen LogP contribution in [0, 0.1) is 17.8 Å². The summed E-state index contributed by atoms with van der Waals surface area (Å²) in [5.41, 5.74) is 0. The van der Waals surface area contributed by atoms with Crippen LogP contribution in [-0.4, -0.2) is 14.3 Å². The Bertz CT molecular complexity index is 241. The van der Waals surface area contributed by atoms with Gasteiger partial charge in [-0.15, -0.1) is 0 Å². The van der Waals surface area contributed by atoms with Gasteiger partial charge in [-0.05, 0) is 35.9 Å². The lowest BCUT2D eigenvalue weighted by atomic mass is 10.2. The van der Waals surface area contributed by atoms with Crippen molar-refractivity contribution in [3.8, 4) is 0 Å². The van der Waals surface area contributed by atoms with E-state index in [0.717, 1.165) is 18.1 Å². The molecule has 2 nitrogen and oxygen atoms in total. The van der Waals surface area contributed by atoms with Crippen molar-refractivity contribution in [3.63, 3.8) is 0 Å². The van der Waals surface area contributed by atoms with Crippen molar-refractivity contribution < 1.29 is 9.22 Å². The Hall–Kier alpha value is -0.313.